The van der Waals surface area contributed by atoms with E-state index in [4.69, 9.17) is 16.0 Å². The second kappa shape index (κ2) is 7.54. The van der Waals surface area contributed by atoms with Gasteiger partial charge in [0.1, 0.15) is 5.58 Å². The van der Waals surface area contributed by atoms with Crippen LogP contribution in [0.3, 0.4) is 0 Å². The van der Waals surface area contributed by atoms with Crippen LogP contribution >= 0.6 is 11.6 Å². The summed E-state index contributed by atoms with van der Waals surface area (Å²) < 4.78 is 46.4. The van der Waals surface area contributed by atoms with Crippen LogP contribution in [0.25, 0.3) is 11.0 Å². The number of allylic oxidation sites excluding steroid dienone is 1. The summed E-state index contributed by atoms with van der Waals surface area (Å²) in [4.78, 5) is 4.49. The van der Waals surface area contributed by atoms with E-state index in [1.165, 1.54) is 12.1 Å². The van der Waals surface area contributed by atoms with E-state index in [1.807, 2.05) is 6.08 Å². The summed E-state index contributed by atoms with van der Waals surface area (Å²) in [5, 5.41) is 0.766. The van der Waals surface area contributed by atoms with Gasteiger partial charge in [0.2, 0.25) is 5.09 Å². The number of nitrogens with zero attached hydrogens (tertiary/aromatic N) is 1. The maximum atomic E-state index is 12.8. The molecule has 1 aromatic heterocycles. The molecule has 144 valence electrons. The third-order valence-electron chi connectivity index (χ3n) is 4.11. The van der Waals surface area contributed by atoms with E-state index in [2.05, 4.69) is 9.71 Å². The van der Waals surface area contributed by atoms with Crippen molar-refractivity contribution >= 4 is 54.8 Å². The van der Waals surface area contributed by atoms with Gasteiger partial charge >= 0.3 is 0 Å². The molecule has 0 amide bonds. The molecule has 0 fully saturated rings. The summed E-state index contributed by atoms with van der Waals surface area (Å²) in [6.45, 7) is 0. The minimum Gasteiger partial charge on any atom is -0.443 e. The Morgan fingerprint density at radius 1 is 1.18 bits per heavy atom. The van der Waals surface area contributed by atoms with Gasteiger partial charge in [-0.3, -0.25) is 13.9 Å². The standard InChI is InChI=1S/C19H15ClN2O4S2/c20-14-7-8-18(27(23)12-15-5-3-9-21-15)16(11-14)22-28(24,25)19-10-13-4-1-2-6-17(13)26-19/h1-4,6-11,22H,5,12H2. The Kier molecular flexibility index (Phi) is 5.09. The van der Waals surface area contributed by atoms with Gasteiger partial charge in [0, 0.05) is 34.8 Å². The number of para-hydroxylation sites is 1. The molecule has 1 aliphatic heterocycles. The molecule has 4 rings (SSSR count). The van der Waals surface area contributed by atoms with Crippen LogP contribution in [0, 0.1) is 0 Å². The summed E-state index contributed by atoms with van der Waals surface area (Å²) in [5.41, 5.74) is 1.39. The molecular weight excluding hydrogens is 420 g/mol. The lowest BCUT2D eigenvalue weighted by Crippen LogP contribution is -2.16. The smallest absolute Gasteiger partial charge is 0.295 e. The molecule has 0 saturated carbocycles. The molecular formula is C19H15ClN2O4S2. The number of halogens is 1. The molecule has 1 aliphatic rings. The van der Waals surface area contributed by atoms with Crippen LogP contribution in [0.5, 0.6) is 0 Å². The minimum absolute atomic E-state index is 0.151. The number of hydrogen-bond acceptors (Lipinski definition) is 5. The van der Waals surface area contributed by atoms with Gasteiger partial charge < -0.3 is 4.42 Å². The Morgan fingerprint density at radius 2 is 2.00 bits per heavy atom. The third kappa shape index (κ3) is 3.89. The Bertz CT molecular complexity index is 1210. The average Bonchev–Trinajstić information content (AvgIpc) is 3.30. The van der Waals surface area contributed by atoms with E-state index >= 15 is 0 Å². The number of nitrogens with one attached hydrogen (secondary N) is 1. The number of sulfonamides is 1. The Morgan fingerprint density at radius 3 is 2.75 bits per heavy atom. The molecule has 0 aliphatic carbocycles. The van der Waals surface area contributed by atoms with Gasteiger partial charge in [0.15, 0.2) is 0 Å². The van der Waals surface area contributed by atoms with Crippen LogP contribution in [0.1, 0.15) is 6.42 Å². The molecule has 0 bridgehead atoms. The number of fused-ring (bicyclic) bond motifs is 1. The third-order valence-corrected chi connectivity index (χ3v) is 7.01. The Balaban J connectivity index is 1.66. The maximum absolute atomic E-state index is 12.8. The molecule has 0 saturated heterocycles. The fraction of sp³-hybridized carbons (Fsp3) is 0.105. The molecule has 3 aromatic rings. The SMILES string of the molecule is O=S(CC1=NC=CC1)c1ccc(Cl)cc1NS(=O)(=O)c1cc2ccccc2o1. The monoisotopic (exact) mass is 434 g/mol. The predicted octanol–water partition coefficient (Wildman–Crippen LogP) is 4.35. The zero-order valence-electron chi connectivity index (χ0n) is 14.5. The molecule has 9 heteroatoms. The number of aliphatic imine (C=N–C) groups is 1. The quantitative estimate of drug-likeness (QED) is 0.624. The normalized spacial score (nSPS) is 15.0. The molecule has 28 heavy (non-hydrogen) atoms. The first-order valence-corrected chi connectivity index (χ1v) is 11.5. The fourth-order valence-corrected chi connectivity index (χ4v) is 5.29. The summed E-state index contributed by atoms with van der Waals surface area (Å²) in [7, 11) is -5.51. The van der Waals surface area contributed by atoms with Crippen molar-refractivity contribution in [1.29, 1.82) is 0 Å². The van der Waals surface area contributed by atoms with Crippen LogP contribution in [0.15, 0.2) is 80.2 Å². The topological polar surface area (TPSA) is 88.7 Å². The first-order chi connectivity index (χ1) is 13.4. The van der Waals surface area contributed by atoms with E-state index in [1.54, 1.807) is 42.6 Å². The van der Waals surface area contributed by atoms with Crippen LogP contribution in [0.4, 0.5) is 5.69 Å². The van der Waals surface area contributed by atoms with Gasteiger partial charge in [0.25, 0.3) is 10.0 Å². The van der Waals surface area contributed by atoms with Gasteiger partial charge in [-0.2, -0.15) is 8.42 Å². The number of rotatable bonds is 6. The number of hydrogen-bond donors (Lipinski definition) is 1. The van der Waals surface area contributed by atoms with E-state index in [0.29, 0.717) is 27.3 Å². The molecule has 1 atom stereocenters. The summed E-state index contributed by atoms with van der Waals surface area (Å²) >= 11 is 6.04. The van der Waals surface area contributed by atoms with Crippen molar-refractivity contribution in [2.75, 3.05) is 10.5 Å². The molecule has 1 N–H and O–H groups in total. The van der Waals surface area contributed by atoms with Crippen LogP contribution < -0.4 is 4.72 Å². The highest BCUT2D eigenvalue weighted by Gasteiger charge is 2.23. The second-order valence-electron chi connectivity index (χ2n) is 6.12. The van der Waals surface area contributed by atoms with Crippen molar-refractivity contribution < 1.29 is 17.0 Å². The van der Waals surface area contributed by atoms with E-state index in [0.717, 1.165) is 5.71 Å². The van der Waals surface area contributed by atoms with Gasteiger partial charge in [-0.05, 0) is 24.3 Å². The van der Waals surface area contributed by atoms with Crippen molar-refractivity contribution in [3.8, 4) is 0 Å². The summed E-state index contributed by atoms with van der Waals surface area (Å²) in [5.74, 6) is 0.216. The van der Waals surface area contributed by atoms with Crippen molar-refractivity contribution in [1.82, 2.24) is 0 Å². The predicted molar refractivity (Wildman–Crippen MR) is 111 cm³/mol. The lowest BCUT2D eigenvalue weighted by atomic mass is 10.3. The van der Waals surface area contributed by atoms with Gasteiger partial charge in [-0.25, -0.2) is 0 Å². The summed E-state index contributed by atoms with van der Waals surface area (Å²) in [6.07, 6.45) is 4.18. The minimum atomic E-state index is -4.03. The lowest BCUT2D eigenvalue weighted by molar-refractivity contribution is 0.484. The highest BCUT2D eigenvalue weighted by molar-refractivity contribution is 7.92. The van der Waals surface area contributed by atoms with Crippen molar-refractivity contribution in [3.05, 3.63) is 65.8 Å². The molecule has 1 unspecified atom stereocenters. The van der Waals surface area contributed by atoms with Crippen molar-refractivity contribution in [3.63, 3.8) is 0 Å². The second-order valence-corrected chi connectivity index (χ2v) is 9.59. The van der Waals surface area contributed by atoms with Crippen molar-refractivity contribution in [2.45, 2.75) is 16.4 Å². The molecule has 6 nitrogen and oxygen atoms in total. The molecule has 2 aromatic carbocycles. The summed E-state index contributed by atoms with van der Waals surface area (Å²) in [6, 6.07) is 13.0. The lowest BCUT2D eigenvalue weighted by Gasteiger charge is -2.12. The highest BCUT2D eigenvalue weighted by atomic mass is 35.5. The Hall–Kier alpha value is -2.42. The maximum Gasteiger partial charge on any atom is 0.295 e. The Labute approximate surface area is 169 Å². The van der Waals surface area contributed by atoms with E-state index in [9.17, 15) is 12.6 Å². The first-order valence-electron chi connectivity index (χ1n) is 8.32. The van der Waals surface area contributed by atoms with Crippen LogP contribution in [-0.4, -0.2) is 24.1 Å². The number of anilines is 1. The number of benzene rings is 2. The zero-order valence-corrected chi connectivity index (χ0v) is 16.9. The van der Waals surface area contributed by atoms with Gasteiger partial charge in [0.05, 0.1) is 27.1 Å². The van der Waals surface area contributed by atoms with E-state index in [-0.39, 0.29) is 16.5 Å². The first kappa shape index (κ1) is 18.9. The average molecular weight is 435 g/mol. The van der Waals surface area contributed by atoms with Crippen LogP contribution in [-0.2, 0) is 20.8 Å². The molecule has 0 spiro atoms. The largest absolute Gasteiger partial charge is 0.443 e. The van der Waals surface area contributed by atoms with Gasteiger partial charge in [-0.1, -0.05) is 35.9 Å². The van der Waals surface area contributed by atoms with Crippen LogP contribution in [0.2, 0.25) is 5.02 Å². The van der Waals surface area contributed by atoms with Gasteiger partial charge in [-0.15, -0.1) is 0 Å². The highest BCUT2D eigenvalue weighted by Crippen LogP contribution is 2.29. The van der Waals surface area contributed by atoms with Crippen molar-refractivity contribution in [2.24, 2.45) is 4.99 Å². The van der Waals surface area contributed by atoms with E-state index < -0.39 is 20.8 Å². The molecule has 2 heterocycles. The molecule has 0 radical (unpaired) electrons. The zero-order chi connectivity index (χ0) is 19.7. The number of furan rings is 1. The fourth-order valence-electron chi connectivity index (χ4n) is 2.79.